The Morgan fingerprint density at radius 3 is 1.60 bits per heavy atom. The van der Waals surface area contributed by atoms with Gasteiger partial charge in [0.25, 0.3) is 0 Å². The monoisotopic (exact) mass is 141 g/mol. The second-order valence-electron chi connectivity index (χ2n) is 2.36. The molecule has 2 nitrogen and oxygen atoms in total. The van der Waals surface area contributed by atoms with Gasteiger partial charge in [0.05, 0.1) is 0 Å². The normalized spacial score (nSPS) is 18.3. The molecule has 0 spiro atoms. The molecule has 0 aromatic carbocycles. The van der Waals surface area contributed by atoms with Gasteiger partial charge in [-0.2, -0.15) is 0 Å². The minimum atomic E-state index is 0. The number of piperidine rings is 1. The van der Waals surface area contributed by atoms with Crippen LogP contribution >= 0.6 is 0 Å². The average molecular weight is 141 g/mol. The van der Waals surface area contributed by atoms with E-state index in [-0.39, 0.29) is 8.41 Å². The Morgan fingerprint density at radius 1 is 1.00 bits per heavy atom. The molecule has 1 rings (SSSR count). The summed E-state index contributed by atoms with van der Waals surface area (Å²) in [6.07, 6.45) is 4.28. The molecule has 1 heterocycles. The van der Waals surface area contributed by atoms with Crippen molar-refractivity contribution in [1.82, 2.24) is 4.90 Å². The van der Waals surface area contributed by atoms with Gasteiger partial charge in [-0.1, -0.05) is 6.42 Å². The van der Waals surface area contributed by atoms with Crippen LogP contribution in [0.1, 0.15) is 19.3 Å². The first-order valence-corrected chi connectivity index (χ1v) is 3.66. The maximum atomic E-state index is 4.50. The third-order valence-electron chi connectivity index (χ3n) is 1.58. The lowest BCUT2D eigenvalue weighted by Gasteiger charge is -2.20. The molecule has 0 atom stereocenters. The van der Waals surface area contributed by atoms with Gasteiger partial charge in [-0.25, -0.2) is 0 Å². The van der Waals surface area contributed by atoms with Gasteiger partial charge in [0.15, 0.2) is 0 Å². The lowest BCUT2D eigenvalue weighted by molar-refractivity contribution is 0.277. The summed E-state index contributed by atoms with van der Waals surface area (Å²) in [5.41, 5.74) is 4.50. The topological polar surface area (TPSA) is 29.3 Å². The van der Waals surface area contributed by atoms with Crippen LogP contribution in [-0.4, -0.2) is 40.5 Å². The highest BCUT2D eigenvalue weighted by Gasteiger charge is 2.02. The Balaban J connectivity index is 0. The zero-order valence-electron chi connectivity index (χ0n) is 7.14. The van der Waals surface area contributed by atoms with Crippen LogP contribution in [0.3, 0.4) is 0 Å². The summed E-state index contributed by atoms with van der Waals surface area (Å²) in [7, 11) is 3.69. The number of rotatable bonds is 0. The first-order chi connectivity index (χ1) is 4.39. The van der Waals surface area contributed by atoms with E-state index in [0.717, 1.165) is 0 Å². The lowest BCUT2D eigenvalue weighted by atomic mass is 10.1. The molecule has 0 aromatic heterocycles. The fourth-order valence-electron chi connectivity index (χ4n) is 1.05. The molecule has 0 bridgehead atoms. The van der Waals surface area contributed by atoms with E-state index in [9.17, 15) is 0 Å². The van der Waals surface area contributed by atoms with Crippen molar-refractivity contribution in [2.75, 3.05) is 27.2 Å². The van der Waals surface area contributed by atoms with Crippen LogP contribution in [0.5, 0.6) is 0 Å². The molecule has 10 heavy (non-hydrogen) atoms. The van der Waals surface area contributed by atoms with E-state index < -0.39 is 0 Å². The molecule has 3 radical (unpaired) electrons. The zero-order valence-corrected chi connectivity index (χ0v) is 7.14. The zero-order chi connectivity index (χ0) is 7.11. The molecule has 0 saturated carbocycles. The predicted octanol–water partition coefficient (Wildman–Crippen LogP) is 0.296. The van der Waals surface area contributed by atoms with Crippen molar-refractivity contribution in [3.05, 3.63) is 0 Å². The van der Waals surface area contributed by atoms with Crippen LogP contribution < -0.4 is 5.73 Å². The fraction of sp³-hybridized carbons (Fsp3) is 1.00. The second kappa shape index (κ2) is 8.98. The third kappa shape index (κ3) is 6.11. The van der Waals surface area contributed by atoms with Gasteiger partial charge in [0.1, 0.15) is 0 Å². The Bertz CT molecular complexity index is 53.6. The van der Waals surface area contributed by atoms with Crippen LogP contribution in [0, 0.1) is 0 Å². The molecular formula is C7H18BN2. The molecule has 2 N–H and O–H groups in total. The van der Waals surface area contributed by atoms with Gasteiger partial charge in [-0.3, -0.25) is 0 Å². The van der Waals surface area contributed by atoms with E-state index in [0.29, 0.717) is 0 Å². The van der Waals surface area contributed by atoms with Crippen molar-refractivity contribution in [2.24, 2.45) is 5.73 Å². The van der Waals surface area contributed by atoms with E-state index >= 15 is 0 Å². The SMILES string of the molecule is CN.CN1CCCCC1.[B]. The molecule has 1 aliphatic heterocycles. The minimum absolute atomic E-state index is 0. The summed E-state index contributed by atoms with van der Waals surface area (Å²) in [4.78, 5) is 2.39. The van der Waals surface area contributed by atoms with Gasteiger partial charge in [-0.05, 0) is 40.0 Å². The number of hydrogen-bond donors (Lipinski definition) is 1. The molecular weight excluding hydrogens is 123 g/mol. The number of hydrogen-bond acceptors (Lipinski definition) is 2. The molecule has 0 unspecified atom stereocenters. The maximum Gasteiger partial charge on any atom is 0 e. The van der Waals surface area contributed by atoms with Gasteiger partial charge in [0.2, 0.25) is 0 Å². The van der Waals surface area contributed by atoms with E-state index in [1.807, 2.05) is 0 Å². The molecule has 0 amide bonds. The predicted molar refractivity (Wildman–Crippen MR) is 47.2 cm³/mol. The Labute approximate surface area is 66.4 Å². The molecule has 1 fully saturated rings. The van der Waals surface area contributed by atoms with Crippen molar-refractivity contribution >= 4 is 8.41 Å². The van der Waals surface area contributed by atoms with Crippen molar-refractivity contribution in [1.29, 1.82) is 0 Å². The van der Waals surface area contributed by atoms with Crippen molar-refractivity contribution in [3.63, 3.8) is 0 Å². The molecule has 1 saturated heterocycles. The van der Waals surface area contributed by atoms with E-state index in [4.69, 9.17) is 0 Å². The van der Waals surface area contributed by atoms with Crippen LogP contribution in [0.4, 0.5) is 0 Å². The largest absolute Gasteiger partial charge is 0.333 e. The quantitative estimate of drug-likeness (QED) is 0.491. The number of nitrogens with zero attached hydrogens (tertiary/aromatic N) is 1. The maximum absolute atomic E-state index is 4.50. The molecule has 3 heteroatoms. The highest BCUT2D eigenvalue weighted by molar-refractivity contribution is 5.75. The highest BCUT2D eigenvalue weighted by Crippen LogP contribution is 2.04. The van der Waals surface area contributed by atoms with Crippen molar-refractivity contribution in [3.8, 4) is 0 Å². The number of nitrogens with two attached hydrogens (primary N) is 1. The first-order valence-electron chi connectivity index (χ1n) is 3.66. The smallest absolute Gasteiger partial charge is 0 e. The highest BCUT2D eigenvalue weighted by atomic mass is 15.1. The van der Waals surface area contributed by atoms with Crippen molar-refractivity contribution in [2.45, 2.75) is 19.3 Å². The van der Waals surface area contributed by atoms with E-state index in [2.05, 4.69) is 17.7 Å². The first kappa shape index (κ1) is 12.6. The van der Waals surface area contributed by atoms with Crippen LogP contribution in [0.2, 0.25) is 0 Å². The number of likely N-dealkylation sites (tertiary alicyclic amines) is 1. The van der Waals surface area contributed by atoms with Gasteiger partial charge >= 0.3 is 0 Å². The third-order valence-corrected chi connectivity index (χ3v) is 1.58. The fourth-order valence-corrected chi connectivity index (χ4v) is 1.05. The van der Waals surface area contributed by atoms with Crippen LogP contribution in [-0.2, 0) is 0 Å². The molecule has 0 aliphatic carbocycles. The minimum Gasteiger partial charge on any atom is -0.333 e. The van der Waals surface area contributed by atoms with Gasteiger partial charge < -0.3 is 10.6 Å². The van der Waals surface area contributed by atoms with Gasteiger partial charge in [-0.15, -0.1) is 0 Å². The van der Waals surface area contributed by atoms with Crippen LogP contribution in [0.25, 0.3) is 0 Å². The second-order valence-corrected chi connectivity index (χ2v) is 2.36. The van der Waals surface area contributed by atoms with Crippen molar-refractivity contribution < 1.29 is 0 Å². The summed E-state index contributed by atoms with van der Waals surface area (Å²) in [5, 5.41) is 0. The lowest BCUT2D eigenvalue weighted by Crippen LogP contribution is -2.24. The average Bonchev–Trinajstić information content (AvgIpc) is 1.94. The molecule has 0 aromatic rings. The van der Waals surface area contributed by atoms with Gasteiger partial charge in [0, 0.05) is 8.41 Å². The summed E-state index contributed by atoms with van der Waals surface area (Å²) >= 11 is 0. The Hall–Kier alpha value is -0.0151. The summed E-state index contributed by atoms with van der Waals surface area (Å²) in [6.45, 7) is 2.64. The van der Waals surface area contributed by atoms with Crippen LogP contribution in [0.15, 0.2) is 0 Å². The molecule has 59 valence electrons. The summed E-state index contributed by atoms with van der Waals surface area (Å²) < 4.78 is 0. The Morgan fingerprint density at radius 2 is 1.40 bits per heavy atom. The standard InChI is InChI=1S/C6H13N.CH5N.B/c1-7-5-3-2-4-6-7;1-2;/h2-6H2,1H3;2H2,1H3;. The summed E-state index contributed by atoms with van der Waals surface area (Å²) in [6, 6.07) is 0. The summed E-state index contributed by atoms with van der Waals surface area (Å²) in [5.74, 6) is 0. The van der Waals surface area contributed by atoms with E-state index in [1.54, 1.807) is 0 Å². The molecule has 1 aliphatic rings. The van der Waals surface area contributed by atoms with E-state index in [1.165, 1.54) is 39.4 Å². The Kier molecular flexibility index (Phi) is 11.4.